The molecule has 2 aliphatic carbocycles. The van der Waals surface area contributed by atoms with E-state index < -0.39 is 10.0 Å². The number of amides is 1. The molecule has 0 unspecified atom stereocenters. The van der Waals surface area contributed by atoms with Crippen molar-refractivity contribution in [2.75, 3.05) is 26.2 Å². The zero-order valence-corrected chi connectivity index (χ0v) is 15.3. The average molecular weight is 362 g/mol. The molecule has 2 saturated carbocycles. The van der Waals surface area contributed by atoms with Gasteiger partial charge in [0.2, 0.25) is 15.9 Å². The number of rotatable bonds is 4. The van der Waals surface area contributed by atoms with Gasteiger partial charge < -0.3 is 4.90 Å². The van der Waals surface area contributed by atoms with Crippen molar-refractivity contribution in [1.29, 1.82) is 0 Å². The maximum atomic E-state index is 12.7. The van der Waals surface area contributed by atoms with E-state index in [2.05, 4.69) is 0 Å². The highest BCUT2D eigenvalue weighted by Crippen LogP contribution is 2.49. The third-order valence-electron chi connectivity index (χ3n) is 6.29. The normalized spacial score (nSPS) is 29.9. The number of piperazine rings is 1. The summed E-state index contributed by atoms with van der Waals surface area (Å²) in [7, 11) is -3.45. The fraction of sp³-hybridized carbons (Fsp3) is 0.632. The molecule has 6 heteroatoms. The van der Waals surface area contributed by atoms with E-state index in [1.807, 2.05) is 11.0 Å². The van der Waals surface area contributed by atoms with Gasteiger partial charge >= 0.3 is 0 Å². The van der Waals surface area contributed by atoms with Crippen LogP contribution in [-0.2, 0) is 14.8 Å². The second kappa shape index (κ2) is 6.72. The highest BCUT2D eigenvalue weighted by Gasteiger charge is 2.41. The molecule has 3 fully saturated rings. The van der Waals surface area contributed by atoms with Crippen LogP contribution >= 0.6 is 0 Å². The largest absolute Gasteiger partial charge is 0.340 e. The summed E-state index contributed by atoms with van der Waals surface area (Å²) in [5, 5.41) is 0. The number of sulfonamides is 1. The highest BCUT2D eigenvalue weighted by molar-refractivity contribution is 7.89. The monoisotopic (exact) mass is 362 g/mol. The summed E-state index contributed by atoms with van der Waals surface area (Å²) in [6.45, 7) is 1.79. The van der Waals surface area contributed by atoms with Crippen LogP contribution in [0.4, 0.5) is 0 Å². The van der Waals surface area contributed by atoms with Gasteiger partial charge in [0.15, 0.2) is 0 Å². The van der Waals surface area contributed by atoms with Crippen LogP contribution in [-0.4, -0.2) is 49.7 Å². The van der Waals surface area contributed by atoms with Gasteiger partial charge in [0.1, 0.15) is 0 Å². The fourth-order valence-corrected chi connectivity index (χ4v) is 6.34. The Labute approximate surface area is 150 Å². The lowest BCUT2D eigenvalue weighted by Crippen LogP contribution is -2.50. The van der Waals surface area contributed by atoms with Crippen LogP contribution in [0.3, 0.4) is 0 Å². The third-order valence-corrected chi connectivity index (χ3v) is 8.21. The first-order valence-corrected chi connectivity index (χ1v) is 10.8. The summed E-state index contributed by atoms with van der Waals surface area (Å²) in [4.78, 5) is 14.8. The Kier molecular flexibility index (Phi) is 4.58. The van der Waals surface area contributed by atoms with E-state index >= 15 is 0 Å². The van der Waals surface area contributed by atoms with Crippen LogP contribution in [0.1, 0.15) is 32.1 Å². The quantitative estimate of drug-likeness (QED) is 0.826. The molecule has 2 bridgehead atoms. The van der Waals surface area contributed by atoms with Crippen LogP contribution in [0, 0.1) is 17.8 Å². The van der Waals surface area contributed by atoms with Crippen LogP contribution in [0.15, 0.2) is 35.2 Å². The van der Waals surface area contributed by atoms with Gasteiger partial charge in [-0.1, -0.05) is 24.6 Å². The molecule has 4 rings (SSSR count). The lowest BCUT2D eigenvalue weighted by atomic mass is 9.86. The minimum absolute atomic E-state index is 0.217. The molecule has 1 aromatic carbocycles. The number of fused-ring (bicyclic) bond motifs is 2. The van der Waals surface area contributed by atoms with E-state index in [0.29, 0.717) is 43.4 Å². The fourth-order valence-electron chi connectivity index (χ4n) is 4.90. The van der Waals surface area contributed by atoms with Gasteiger partial charge in [-0.05, 0) is 49.1 Å². The van der Waals surface area contributed by atoms with Crippen LogP contribution in [0.2, 0.25) is 0 Å². The van der Waals surface area contributed by atoms with Crippen LogP contribution in [0.5, 0.6) is 0 Å². The summed E-state index contributed by atoms with van der Waals surface area (Å²) in [6, 6.07) is 8.54. The second-order valence-electron chi connectivity index (χ2n) is 7.74. The van der Waals surface area contributed by atoms with E-state index in [1.54, 1.807) is 24.3 Å². The molecule has 1 heterocycles. The number of hydrogen-bond acceptors (Lipinski definition) is 3. The van der Waals surface area contributed by atoms with E-state index in [1.165, 1.54) is 30.0 Å². The Hall–Kier alpha value is -1.40. The molecule has 136 valence electrons. The molecule has 1 saturated heterocycles. The summed E-state index contributed by atoms with van der Waals surface area (Å²) >= 11 is 0. The lowest BCUT2D eigenvalue weighted by molar-refractivity contribution is -0.133. The van der Waals surface area contributed by atoms with Crippen molar-refractivity contribution in [1.82, 2.24) is 9.21 Å². The third kappa shape index (κ3) is 3.34. The maximum absolute atomic E-state index is 12.7. The van der Waals surface area contributed by atoms with Crippen molar-refractivity contribution in [2.24, 2.45) is 17.8 Å². The highest BCUT2D eigenvalue weighted by atomic mass is 32.2. The van der Waals surface area contributed by atoms with Gasteiger partial charge in [0, 0.05) is 32.6 Å². The molecule has 25 heavy (non-hydrogen) atoms. The zero-order chi connectivity index (χ0) is 17.4. The molecule has 3 atom stereocenters. The first-order valence-electron chi connectivity index (χ1n) is 9.37. The van der Waals surface area contributed by atoms with E-state index in [-0.39, 0.29) is 5.91 Å². The molecular weight excluding hydrogens is 336 g/mol. The molecule has 0 aromatic heterocycles. The number of nitrogens with zero attached hydrogens (tertiary/aromatic N) is 2. The minimum atomic E-state index is -3.45. The maximum Gasteiger partial charge on any atom is 0.243 e. The van der Waals surface area contributed by atoms with Gasteiger partial charge in [-0.3, -0.25) is 4.79 Å². The van der Waals surface area contributed by atoms with Crippen molar-refractivity contribution in [3.05, 3.63) is 30.3 Å². The Morgan fingerprint density at radius 2 is 1.72 bits per heavy atom. The van der Waals surface area contributed by atoms with Crippen LogP contribution < -0.4 is 0 Å². The van der Waals surface area contributed by atoms with Crippen molar-refractivity contribution in [3.63, 3.8) is 0 Å². The number of hydrogen-bond donors (Lipinski definition) is 0. The first kappa shape index (κ1) is 17.0. The van der Waals surface area contributed by atoms with Gasteiger partial charge in [-0.2, -0.15) is 4.31 Å². The Morgan fingerprint density at radius 1 is 1.00 bits per heavy atom. The van der Waals surface area contributed by atoms with Gasteiger partial charge in [-0.15, -0.1) is 0 Å². The number of carbonyl (C=O) groups excluding carboxylic acids is 1. The summed E-state index contributed by atoms with van der Waals surface area (Å²) in [5.41, 5.74) is 0. The Bertz CT molecular complexity index is 726. The lowest BCUT2D eigenvalue weighted by Gasteiger charge is -2.35. The summed E-state index contributed by atoms with van der Waals surface area (Å²) in [6.07, 6.45) is 5.85. The van der Waals surface area contributed by atoms with Crippen molar-refractivity contribution < 1.29 is 13.2 Å². The Balaban J connectivity index is 1.33. The Morgan fingerprint density at radius 3 is 2.32 bits per heavy atom. The van der Waals surface area contributed by atoms with Crippen molar-refractivity contribution in [2.45, 2.75) is 37.0 Å². The van der Waals surface area contributed by atoms with Crippen molar-refractivity contribution in [3.8, 4) is 0 Å². The summed E-state index contributed by atoms with van der Waals surface area (Å²) < 4.78 is 26.8. The van der Waals surface area contributed by atoms with Gasteiger partial charge in [-0.25, -0.2) is 8.42 Å². The van der Waals surface area contributed by atoms with Crippen molar-refractivity contribution >= 4 is 15.9 Å². The van der Waals surface area contributed by atoms with E-state index in [4.69, 9.17) is 0 Å². The van der Waals surface area contributed by atoms with E-state index in [0.717, 1.165) is 11.8 Å². The topological polar surface area (TPSA) is 57.7 Å². The molecule has 1 aromatic rings. The average Bonchev–Trinajstić information content (AvgIpc) is 3.25. The minimum Gasteiger partial charge on any atom is -0.340 e. The standard InChI is InChI=1S/C19H26N2O3S/c22-19(14-17-13-15-6-7-16(17)12-15)20-8-10-21(11-9-20)25(23,24)18-4-2-1-3-5-18/h1-5,15-17H,6-14H2/t15-,16+,17+/m0/s1. The van der Waals surface area contributed by atoms with Gasteiger partial charge in [0.05, 0.1) is 4.90 Å². The molecule has 0 radical (unpaired) electrons. The second-order valence-corrected chi connectivity index (χ2v) is 9.67. The number of benzene rings is 1. The SMILES string of the molecule is O=C(C[C@H]1C[C@H]2CC[C@@H]1C2)N1CCN(S(=O)(=O)c2ccccc2)CC1. The van der Waals surface area contributed by atoms with Gasteiger partial charge in [0.25, 0.3) is 0 Å². The molecule has 0 spiro atoms. The molecular formula is C19H26N2O3S. The van der Waals surface area contributed by atoms with Crippen LogP contribution in [0.25, 0.3) is 0 Å². The molecule has 1 amide bonds. The predicted octanol–water partition coefficient (Wildman–Crippen LogP) is 2.35. The van der Waals surface area contributed by atoms with E-state index in [9.17, 15) is 13.2 Å². The smallest absolute Gasteiger partial charge is 0.243 e. The number of carbonyl (C=O) groups is 1. The summed E-state index contributed by atoms with van der Waals surface area (Å²) in [5.74, 6) is 2.40. The molecule has 1 aliphatic heterocycles. The first-order chi connectivity index (χ1) is 12.0. The molecule has 0 N–H and O–H groups in total. The molecule has 5 nitrogen and oxygen atoms in total. The molecule has 3 aliphatic rings. The predicted molar refractivity (Wildman–Crippen MR) is 95.3 cm³/mol. The zero-order valence-electron chi connectivity index (χ0n) is 14.5.